The molecule has 4 nitrogen and oxygen atoms in total. The first-order valence-electron chi connectivity index (χ1n) is 9.99. The van der Waals surface area contributed by atoms with Crippen LogP contribution in [0.1, 0.15) is 37.7 Å². The highest BCUT2D eigenvalue weighted by atomic mass is 35.5. The van der Waals surface area contributed by atoms with Gasteiger partial charge in [-0.2, -0.15) is 0 Å². The molecule has 1 aromatic carbocycles. The van der Waals surface area contributed by atoms with E-state index in [1.807, 2.05) is 6.92 Å². The maximum atomic E-state index is 12.7. The Balaban J connectivity index is 1.32. The van der Waals surface area contributed by atoms with Crippen LogP contribution in [0.3, 0.4) is 0 Å². The van der Waals surface area contributed by atoms with Gasteiger partial charge < -0.3 is 10.1 Å². The molecule has 28 heavy (non-hydrogen) atoms. The van der Waals surface area contributed by atoms with Crippen molar-refractivity contribution in [1.82, 2.24) is 0 Å². The summed E-state index contributed by atoms with van der Waals surface area (Å²) in [4.78, 5) is 24.9. The number of halogens is 1. The number of hydrogen-bond acceptors (Lipinski definition) is 5. The summed E-state index contributed by atoms with van der Waals surface area (Å²) >= 11 is 10.3. The molecule has 1 saturated heterocycles. The van der Waals surface area contributed by atoms with Crippen LogP contribution < -0.4 is 5.32 Å². The van der Waals surface area contributed by atoms with Crippen molar-refractivity contribution in [2.45, 2.75) is 43.1 Å². The second-order valence-electron chi connectivity index (χ2n) is 7.98. The summed E-state index contributed by atoms with van der Waals surface area (Å²) in [5, 5.41) is 3.38. The summed E-state index contributed by atoms with van der Waals surface area (Å²) in [5.74, 6) is 3.05. The van der Waals surface area contributed by atoms with Gasteiger partial charge in [0.2, 0.25) is 0 Å². The molecule has 0 aromatic heterocycles. The van der Waals surface area contributed by atoms with E-state index < -0.39 is 0 Å². The summed E-state index contributed by atoms with van der Waals surface area (Å²) in [6.07, 6.45) is 5.53. The Morgan fingerprint density at radius 3 is 2.57 bits per heavy atom. The lowest BCUT2D eigenvalue weighted by Gasteiger charge is -2.51. The first-order valence-corrected chi connectivity index (χ1v) is 12.3. The Morgan fingerprint density at radius 2 is 1.89 bits per heavy atom. The number of anilines is 1. The molecule has 7 heteroatoms. The minimum atomic E-state index is -0.326. The van der Waals surface area contributed by atoms with Gasteiger partial charge in [-0.15, -0.1) is 23.5 Å². The predicted octanol–water partition coefficient (Wildman–Crippen LogP) is 5.13. The molecular formula is C21H26ClNO3S2. The molecule has 1 unspecified atom stereocenters. The zero-order valence-corrected chi connectivity index (χ0v) is 18.4. The highest BCUT2D eigenvalue weighted by Gasteiger charge is 2.55. The Morgan fingerprint density at radius 1 is 1.21 bits per heavy atom. The average molecular weight is 440 g/mol. The van der Waals surface area contributed by atoms with E-state index in [0.717, 1.165) is 18.4 Å². The Bertz CT molecular complexity index is 750. The molecule has 3 fully saturated rings. The van der Waals surface area contributed by atoms with Crippen LogP contribution in [0.25, 0.3) is 0 Å². The maximum Gasteiger partial charge on any atom is 0.309 e. The maximum absolute atomic E-state index is 12.7. The molecule has 2 bridgehead atoms. The highest BCUT2D eigenvalue weighted by Crippen LogP contribution is 2.64. The fourth-order valence-corrected chi connectivity index (χ4v) is 9.10. The number of carbonyl (C=O) groups is 2. The molecule has 3 aliphatic rings. The average Bonchev–Trinajstić information content (AvgIpc) is 3.13. The zero-order valence-electron chi connectivity index (χ0n) is 16.0. The molecule has 152 valence electrons. The minimum Gasteiger partial charge on any atom is -0.455 e. The number of esters is 1. The van der Waals surface area contributed by atoms with Gasteiger partial charge in [-0.05, 0) is 62.1 Å². The first-order chi connectivity index (χ1) is 13.5. The monoisotopic (exact) mass is 439 g/mol. The molecule has 1 aliphatic heterocycles. The van der Waals surface area contributed by atoms with Crippen LogP contribution in [0, 0.1) is 24.7 Å². The minimum absolute atomic E-state index is 0.0663. The van der Waals surface area contributed by atoms with Crippen molar-refractivity contribution in [2.24, 2.45) is 17.8 Å². The lowest BCUT2D eigenvalue weighted by Crippen LogP contribution is -2.48. The molecule has 1 heterocycles. The van der Waals surface area contributed by atoms with Crippen molar-refractivity contribution >= 4 is 52.7 Å². The normalized spacial score (nSPS) is 28.1. The third-order valence-corrected chi connectivity index (χ3v) is 10.8. The first kappa shape index (κ1) is 20.4. The zero-order chi connectivity index (χ0) is 19.7. The lowest BCUT2D eigenvalue weighted by atomic mass is 9.67. The number of ether oxygens (including phenoxy) is 1. The van der Waals surface area contributed by atoms with Crippen molar-refractivity contribution in [3.63, 3.8) is 0 Å². The van der Waals surface area contributed by atoms with Crippen LogP contribution in [-0.4, -0.2) is 34.1 Å². The molecule has 4 rings (SSSR count). The number of thioether (sulfide) groups is 2. The number of benzene rings is 1. The summed E-state index contributed by atoms with van der Waals surface area (Å²) in [6.45, 7) is 1.60. The van der Waals surface area contributed by atoms with E-state index in [1.54, 1.807) is 18.2 Å². The van der Waals surface area contributed by atoms with E-state index in [2.05, 4.69) is 28.8 Å². The van der Waals surface area contributed by atoms with E-state index in [-0.39, 0.29) is 24.4 Å². The van der Waals surface area contributed by atoms with Gasteiger partial charge >= 0.3 is 5.97 Å². The number of hydrogen-bond donors (Lipinski definition) is 1. The van der Waals surface area contributed by atoms with Gasteiger partial charge in [-0.3, -0.25) is 9.59 Å². The molecule has 1 spiro atoms. The second kappa shape index (κ2) is 8.49. The fraction of sp³-hybridized carbons (Fsp3) is 0.619. The summed E-state index contributed by atoms with van der Waals surface area (Å²) in [5.41, 5.74) is 1.46. The number of carbonyl (C=O) groups excluding carboxylic acids is 2. The van der Waals surface area contributed by atoms with Crippen LogP contribution in [0.4, 0.5) is 5.69 Å². The predicted molar refractivity (Wildman–Crippen MR) is 117 cm³/mol. The van der Waals surface area contributed by atoms with Crippen LogP contribution >= 0.6 is 35.1 Å². The molecule has 1 aromatic rings. The van der Waals surface area contributed by atoms with E-state index >= 15 is 0 Å². The van der Waals surface area contributed by atoms with Gasteiger partial charge in [-0.25, -0.2) is 0 Å². The quantitative estimate of drug-likeness (QED) is 0.659. The van der Waals surface area contributed by atoms with Gasteiger partial charge in [0.15, 0.2) is 6.61 Å². The topological polar surface area (TPSA) is 55.4 Å². The lowest BCUT2D eigenvalue weighted by molar-refractivity contribution is -0.154. The molecule has 2 aliphatic carbocycles. The van der Waals surface area contributed by atoms with E-state index in [9.17, 15) is 9.59 Å². The number of nitrogens with one attached hydrogen (secondary N) is 1. The van der Waals surface area contributed by atoms with Crippen molar-refractivity contribution in [3.8, 4) is 0 Å². The van der Waals surface area contributed by atoms with Gasteiger partial charge in [0.05, 0.1) is 10.00 Å². The second-order valence-corrected chi connectivity index (χ2v) is 11.4. The van der Waals surface area contributed by atoms with Gasteiger partial charge in [0, 0.05) is 22.2 Å². The Kier molecular flexibility index (Phi) is 6.19. The molecule has 3 atom stereocenters. The van der Waals surface area contributed by atoms with Crippen molar-refractivity contribution in [1.29, 1.82) is 0 Å². The molecular weight excluding hydrogens is 414 g/mol. The van der Waals surface area contributed by atoms with Crippen LogP contribution in [0.2, 0.25) is 5.02 Å². The van der Waals surface area contributed by atoms with Gasteiger partial charge in [0.1, 0.15) is 0 Å². The summed E-state index contributed by atoms with van der Waals surface area (Å²) in [6, 6.07) is 5.35. The SMILES string of the molecule is Cc1c(Cl)cccc1NC(=O)COC(=O)C1C[C@H]2CCC[C@@H](C1)C21SCCS1. The summed E-state index contributed by atoms with van der Waals surface area (Å²) in [7, 11) is 0. The molecule has 1 amide bonds. The standard InChI is InChI=1S/C21H26ClNO3S2/c1-13-17(22)6-3-7-18(13)23-19(24)12-26-20(25)14-10-15-4-2-5-16(11-14)21(15)27-8-9-28-21/h3,6-7,14-16H,2,4-5,8-12H2,1H3,(H,23,24)/t14?,15-,16+. The third kappa shape index (κ3) is 3.92. The van der Waals surface area contributed by atoms with Crippen molar-refractivity contribution in [3.05, 3.63) is 28.8 Å². The highest BCUT2D eigenvalue weighted by molar-refractivity contribution is 8.21. The fourth-order valence-electron chi connectivity index (χ4n) is 4.99. The third-order valence-electron chi connectivity index (χ3n) is 6.34. The van der Waals surface area contributed by atoms with Crippen LogP contribution in [0.5, 0.6) is 0 Å². The molecule has 0 radical (unpaired) electrons. The van der Waals surface area contributed by atoms with Crippen LogP contribution in [-0.2, 0) is 14.3 Å². The largest absolute Gasteiger partial charge is 0.455 e. The van der Waals surface area contributed by atoms with Gasteiger partial charge in [0.25, 0.3) is 5.91 Å². The van der Waals surface area contributed by atoms with E-state index in [1.165, 1.54) is 30.8 Å². The van der Waals surface area contributed by atoms with E-state index in [0.29, 0.717) is 26.6 Å². The van der Waals surface area contributed by atoms with E-state index in [4.69, 9.17) is 16.3 Å². The van der Waals surface area contributed by atoms with Gasteiger partial charge in [-0.1, -0.05) is 24.1 Å². The number of rotatable bonds is 4. The van der Waals surface area contributed by atoms with Crippen LogP contribution in [0.15, 0.2) is 18.2 Å². The smallest absolute Gasteiger partial charge is 0.309 e. The van der Waals surface area contributed by atoms with Crippen molar-refractivity contribution < 1.29 is 14.3 Å². The Hall–Kier alpha value is -0.850. The number of amides is 1. The summed E-state index contributed by atoms with van der Waals surface area (Å²) < 4.78 is 5.75. The molecule has 2 saturated carbocycles. The van der Waals surface area contributed by atoms with Crippen molar-refractivity contribution in [2.75, 3.05) is 23.4 Å². The molecule has 1 N–H and O–H groups in total. The Labute approximate surface area is 179 Å².